The third-order valence-electron chi connectivity index (χ3n) is 3.44. The van der Waals surface area contributed by atoms with Crippen LogP contribution in [-0.2, 0) is 20.1 Å². The summed E-state index contributed by atoms with van der Waals surface area (Å²) in [6.07, 6.45) is 3.05. The van der Waals surface area contributed by atoms with Gasteiger partial charge in [-0.05, 0) is 26.8 Å². The molecule has 0 aliphatic carbocycles. The summed E-state index contributed by atoms with van der Waals surface area (Å²) in [5, 5.41) is 8.51. The Hall–Kier alpha value is -1.33. The van der Waals surface area contributed by atoms with Gasteiger partial charge in [0.25, 0.3) is 0 Å². The van der Waals surface area contributed by atoms with Crippen LogP contribution in [0.15, 0.2) is 6.20 Å². The van der Waals surface area contributed by atoms with Crippen molar-refractivity contribution in [2.75, 3.05) is 6.54 Å². The Morgan fingerprint density at radius 2 is 2.10 bits per heavy atom. The minimum Gasteiger partial charge on any atom is -0.325 e. The van der Waals surface area contributed by atoms with Gasteiger partial charge in [0.1, 0.15) is 5.82 Å². The lowest BCUT2D eigenvalue weighted by Crippen LogP contribution is -2.18. The monoisotopic (exact) mass is 295 g/mol. The molecule has 0 saturated heterocycles. The van der Waals surface area contributed by atoms with Crippen molar-refractivity contribution in [3.8, 4) is 0 Å². The average molecular weight is 296 g/mol. The van der Waals surface area contributed by atoms with Gasteiger partial charge in [0.05, 0.1) is 28.6 Å². The van der Waals surface area contributed by atoms with Gasteiger partial charge in [-0.3, -0.25) is 4.68 Å². The van der Waals surface area contributed by atoms with Crippen LogP contribution >= 0.6 is 11.6 Å². The minimum atomic E-state index is 0.700. The van der Waals surface area contributed by atoms with Crippen molar-refractivity contribution in [2.45, 2.75) is 40.3 Å². The van der Waals surface area contributed by atoms with E-state index >= 15 is 0 Å². The molecule has 5 nitrogen and oxygen atoms in total. The quantitative estimate of drug-likeness (QED) is 0.833. The SMILES string of the molecule is CCCNCc1cnc(C)n1Cc1c(Cl)c(C)nn1C. The predicted molar refractivity (Wildman–Crippen MR) is 81.0 cm³/mol. The molecule has 2 aromatic heterocycles. The zero-order valence-corrected chi connectivity index (χ0v) is 13.3. The van der Waals surface area contributed by atoms with Crippen molar-refractivity contribution in [2.24, 2.45) is 7.05 Å². The first kappa shape index (κ1) is 15.1. The Balaban J connectivity index is 2.22. The van der Waals surface area contributed by atoms with Crippen molar-refractivity contribution in [3.05, 3.63) is 34.1 Å². The molecule has 2 rings (SSSR count). The van der Waals surface area contributed by atoms with Gasteiger partial charge in [-0.1, -0.05) is 18.5 Å². The molecule has 0 aliphatic heterocycles. The highest BCUT2D eigenvalue weighted by Crippen LogP contribution is 2.21. The summed E-state index contributed by atoms with van der Waals surface area (Å²) in [4.78, 5) is 4.41. The zero-order chi connectivity index (χ0) is 14.7. The normalized spacial score (nSPS) is 11.2. The first-order chi connectivity index (χ1) is 9.54. The van der Waals surface area contributed by atoms with E-state index in [0.717, 1.165) is 41.7 Å². The van der Waals surface area contributed by atoms with Gasteiger partial charge >= 0.3 is 0 Å². The third-order valence-corrected chi connectivity index (χ3v) is 3.93. The Bertz CT molecular complexity index is 585. The molecule has 2 aromatic rings. The van der Waals surface area contributed by atoms with E-state index in [9.17, 15) is 0 Å². The highest BCUT2D eigenvalue weighted by Gasteiger charge is 2.14. The van der Waals surface area contributed by atoms with Crippen molar-refractivity contribution in [3.63, 3.8) is 0 Å². The Kier molecular flexibility index (Phi) is 4.83. The van der Waals surface area contributed by atoms with Crippen molar-refractivity contribution in [1.82, 2.24) is 24.6 Å². The van der Waals surface area contributed by atoms with Crippen LogP contribution in [-0.4, -0.2) is 25.9 Å². The molecule has 6 heteroatoms. The lowest BCUT2D eigenvalue weighted by molar-refractivity contribution is 0.600. The van der Waals surface area contributed by atoms with Crippen LogP contribution in [0.1, 0.15) is 36.3 Å². The van der Waals surface area contributed by atoms with E-state index in [2.05, 4.69) is 26.9 Å². The molecule has 0 bridgehead atoms. The summed E-state index contributed by atoms with van der Waals surface area (Å²) in [6.45, 7) is 8.63. The van der Waals surface area contributed by atoms with Crippen LogP contribution in [0.5, 0.6) is 0 Å². The number of imidazole rings is 1. The van der Waals surface area contributed by atoms with Gasteiger partial charge in [-0.15, -0.1) is 0 Å². The lowest BCUT2D eigenvalue weighted by Gasteiger charge is -2.11. The fourth-order valence-corrected chi connectivity index (χ4v) is 2.49. The summed E-state index contributed by atoms with van der Waals surface area (Å²) < 4.78 is 4.03. The summed E-state index contributed by atoms with van der Waals surface area (Å²) in [5.41, 5.74) is 3.06. The maximum Gasteiger partial charge on any atom is 0.106 e. The molecule has 0 atom stereocenters. The fraction of sp³-hybridized carbons (Fsp3) is 0.571. The van der Waals surface area contributed by atoms with E-state index in [0.29, 0.717) is 6.54 Å². The van der Waals surface area contributed by atoms with E-state index in [1.807, 2.05) is 31.8 Å². The van der Waals surface area contributed by atoms with E-state index in [4.69, 9.17) is 11.6 Å². The molecule has 0 aromatic carbocycles. The summed E-state index contributed by atoms with van der Waals surface area (Å²) in [6, 6.07) is 0. The van der Waals surface area contributed by atoms with Crippen LogP contribution < -0.4 is 5.32 Å². The molecule has 2 heterocycles. The number of aryl methyl sites for hydroxylation is 3. The molecule has 0 unspecified atom stereocenters. The van der Waals surface area contributed by atoms with Crippen LogP contribution in [0.25, 0.3) is 0 Å². The second-order valence-corrected chi connectivity index (χ2v) is 5.41. The van der Waals surface area contributed by atoms with Crippen LogP contribution in [0, 0.1) is 13.8 Å². The maximum atomic E-state index is 6.33. The molecule has 0 spiro atoms. The molecular weight excluding hydrogens is 274 g/mol. The number of nitrogens with one attached hydrogen (secondary N) is 1. The predicted octanol–water partition coefficient (Wildman–Crippen LogP) is 2.43. The smallest absolute Gasteiger partial charge is 0.106 e. The van der Waals surface area contributed by atoms with Crippen LogP contribution in [0.4, 0.5) is 0 Å². The number of hydrogen-bond donors (Lipinski definition) is 1. The summed E-state index contributed by atoms with van der Waals surface area (Å²) in [5.74, 6) is 0.994. The van der Waals surface area contributed by atoms with Crippen molar-refractivity contribution < 1.29 is 0 Å². The van der Waals surface area contributed by atoms with E-state index < -0.39 is 0 Å². The number of nitrogens with zero attached hydrogens (tertiary/aromatic N) is 4. The molecule has 0 amide bonds. The van der Waals surface area contributed by atoms with Crippen LogP contribution in [0.2, 0.25) is 5.02 Å². The van der Waals surface area contributed by atoms with Crippen LogP contribution in [0.3, 0.4) is 0 Å². The first-order valence-electron chi connectivity index (χ1n) is 6.94. The first-order valence-corrected chi connectivity index (χ1v) is 7.32. The molecule has 0 saturated carbocycles. The Morgan fingerprint density at radius 3 is 2.70 bits per heavy atom. The van der Waals surface area contributed by atoms with Gasteiger partial charge in [0, 0.05) is 19.8 Å². The molecule has 110 valence electrons. The van der Waals surface area contributed by atoms with Crippen molar-refractivity contribution in [1.29, 1.82) is 0 Å². The number of aromatic nitrogens is 4. The highest BCUT2D eigenvalue weighted by atomic mass is 35.5. The Labute approximate surface area is 125 Å². The van der Waals surface area contributed by atoms with E-state index in [-0.39, 0.29) is 0 Å². The topological polar surface area (TPSA) is 47.7 Å². The van der Waals surface area contributed by atoms with Gasteiger partial charge in [-0.2, -0.15) is 5.10 Å². The second-order valence-electron chi connectivity index (χ2n) is 5.03. The Morgan fingerprint density at radius 1 is 1.35 bits per heavy atom. The second kappa shape index (κ2) is 6.41. The minimum absolute atomic E-state index is 0.700. The van der Waals surface area contributed by atoms with E-state index in [1.165, 1.54) is 5.69 Å². The molecule has 20 heavy (non-hydrogen) atoms. The largest absolute Gasteiger partial charge is 0.325 e. The molecule has 0 fully saturated rings. The molecule has 0 aliphatic rings. The summed E-state index contributed by atoms with van der Waals surface area (Å²) in [7, 11) is 1.93. The molecular formula is C14H22ClN5. The van der Waals surface area contributed by atoms with Gasteiger partial charge in [-0.25, -0.2) is 4.98 Å². The molecule has 1 N–H and O–H groups in total. The van der Waals surface area contributed by atoms with Gasteiger partial charge in [0.2, 0.25) is 0 Å². The standard InChI is InChI=1S/C14H22ClN5/c1-5-6-16-7-12-8-17-11(3)20(12)9-13-14(15)10(2)18-19(13)4/h8,16H,5-7,9H2,1-4H3. The van der Waals surface area contributed by atoms with E-state index in [1.54, 1.807) is 0 Å². The zero-order valence-electron chi connectivity index (χ0n) is 12.6. The third kappa shape index (κ3) is 3.04. The molecule has 0 radical (unpaired) electrons. The number of rotatable bonds is 6. The fourth-order valence-electron chi connectivity index (χ4n) is 2.27. The number of halogens is 1. The highest BCUT2D eigenvalue weighted by molar-refractivity contribution is 6.31. The average Bonchev–Trinajstić information content (AvgIpc) is 2.87. The maximum absolute atomic E-state index is 6.33. The van der Waals surface area contributed by atoms with Gasteiger partial charge < -0.3 is 9.88 Å². The number of hydrogen-bond acceptors (Lipinski definition) is 3. The summed E-state index contributed by atoms with van der Waals surface area (Å²) >= 11 is 6.33. The van der Waals surface area contributed by atoms with Crippen molar-refractivity contribution >= 4 is 11.6 Å². The lowest BCUT2D eigenvalue weighted by atomic mass is 10.3. The van der Waals surface area contributed by atoms with Gasteiger partial charge in [0.15, 0.2) is 0 Å².